The third-order valence-electron chi connectivity index (χ3n) is 3.75. The minimum absolute atomic E-state index is 0.110. The van der Waals surface area contributed by atoms with Gasteiger partial charge >= 0.3 is 6.03 Å². The molecule has 1 atom stereocenters. The van der Waals surface area contributed by atoms with Crippen LogP contribution in [0.2, 0.25) is 0 Å². The maximum absolute atomic E-state index is 12.6. The lowest BCUT2D eigenvalue weighted by Gasteiger charge is -2.23. The lowest BCUT2D eigenvalue weighted by atomic mass is 10.1. The fourth-order valence-electron chi connectivity index (χ4n) is 2.76. The molecule has 0 bridgehead atoms. The quantitative estimate of drug-likeness (QED) is 0.913. The highest BCUT2D eigenvalue weighted by molar-refractivity contribution is 6.03. The standard InChI is InChI=1S/C17H18N2O2/c1-12-10-13-6-3-4-9-16(13)19(12)17(20)18-14-7-5-8-15(11-14)21-2/h3-9,11-12H,10H2,1-2H3,(H,18,20)/t12-/m1/s1. The molecule has 2 aromatic carbocycles. The number of hydrogen-bond donors (Lipinski definition) is 1. The van der Waals surface area contributed by atoms with Crippen LogP contribution in [-0.4, -0.2) is 19.2 Å². The Hall–Kier alpha value is -2.49. The second-order valence-electron chi connectivity index (χ2n) is 5.21. The normalized spacial score (nSPS) is 16.5. The second kappa shape index (κ2) is 5.48. The van der Waals surface area contributed by atoms with Gasteiger partial charge < -0.3 is 10.1 Å². The zero-order valence-electron chi connectivity index (χ0n) is 12.2. The first-order valence-corrected chi connectivity index (χ1v) is 7.01. The molecule has 4 heteroatoms. The summed E-state index contributed by atoms with van der Waals surface area (Å²) in [4.78, 5) is 14.4. The van der Waals surface area contributed by atoms with E-state index in [4.69, 9.17) is 4.74 Å². The Kier molecular flexibility index (Phi) is 3.52. The molecule has 108 valence electrons. The number of amides is 2. The van der Waals surface area contributed by atoms with Crippen LogP contribution in [0.1, 0.15) is 12.5 Å². The number of fused-ring (bicyclic) bond motifs is 1. The van der Waals surface area contributed by atoms with Gasteiger partial charge in [0.1, 0.15) is 5.75 Å². The molecule has 0 fully saturated rings. The van der Waals surface area contributed by atoms with Crippen molar-refractivity contribution in [3.8, 4) is 5.75 Å². The van der Waals surface area contributed by atoms with Crippen LogP contribution in [-0.2, 0) is 6.42 Å². The van der Waals surface area contributed by atoms with Gasteiger partial charge in [-0.1, -0.05) is 24.3 Å². The Labute approximate surface area is 124 Å². The number of nitrogens with one attached hydrogen (secondary N) is 1. The van der Waals surface area contributed by atoms with E-state index in [2.05, 4.69) is 18.3 Å². The van der Waals surface area contributed by atoms with Crippen LogP contribution < -0.4 is 15.0 Å². The summed E-state index contributed by atoms with van der Waals surface area (Å²) in [5.74, 6) is 0.725. The molecule has 4 nitrogen and oxygen atoms in total. The predicted molar refractivity (Wildman–Crippen MR) is 84.1 cm³/mol. The highest BCUT2D eigenvalue weighted by atomic mass is 16.5. The Balaban J connectivity index is 1.82. The number of ether oxygens (including phenoxy) is 1. The van der Waals surface area contributed by atoms with Crippen LogP contribution >= 0.6 is 0 Å². The van der Waals surface area contributed by atoms with E-state index >= 15 is 0 Å². The van der Waals surface area contributed by atoms with Crippen LogP contribution in [0.25, 0.3) is 0 Å². The van der Waals surface area contributed by atoms with Gasteiger partial charge in [-0.3, -0.25) is 4.90 Å². The molecule has 0 aliphatic carbocycles. The number of para-hydroxylation sites is 1. The molecule has 0 radical (unpaired) electrons. The number of carbonyl (C=O) groups is 1. The van der Waals surface area contributed by atoms with Gasteiger partial charge in [0.2, 0.25) is 0 Å². The van der Waals surface area contributed by atoms with Crippen LogP contribution in [0.3, 0.4) is 0 Å². The summed E-state index contributed by atoms with van der Waals surface area (Å²) in [6.45, 7) is 2.06. The number of methoxy groups -OCH3 is 1. The summed E-state index contributed by atoms with van der Waals surface area (Å²) in [5.41, 5.74) is 2.94. The maximum atomic E-state index is 12.6. The molecular formula is C17H18N2O2. The summed E-state index contributed by atoms with van der Waals surface area (Å²) in [7, 11) is 1.61. The van der Waals surface area contributed by atoms with E-state index in [1.165, 1.54) is 5.56 Å². The second-order valence-corrected chi connectivity index (χ2v) is 5.21. The maximum Gasteiger partial charge on any atom is 0.326 e. The van der Waals surface area contributed by atoms with Gasteiger partial charge in [-0.25, -0.2) is 4.79 Å². The average molecular weight is 282 g/mol. The molecule has 0 unspecified atom stereocenters. The fraction of sp³-hybridized carbons (Fsp3) is 0.235. The van der Waals surface area contributed by atoms with Crippen molar-refractivity contribution >= 4 is 17.4 Å². The first kappa shape index (κ1) is 13.5. The van der Waals surface area contributed by atoms with Crippen molar-refractivity contribution in [2.24, 2.45) is 0 Å². The van der Waals surface area contributed by atoms with Crippen molar-refractivity contribution in [1.82, 2.24) is 0 Å². The molecule has 0 saturated carbocycles. The van der Waals surface area contributed by atoms with Gasteiger partial charge in [-0.05, 0) is 37.1 Å². The summed E-state index contributed by atoms with van der Waals surface area (Å²) >= 11 is 0. The van der Waals surface area contributed by atoms with E-state index in [0.29, 0.717) is 0 Å². The number of nitrogens with zero attached hydrogens (tertiary/aromatic N) is 1. The predicted octanol–water partition coefficient (Wildman–Crippen LogP) is 3.68. The molecule has 0 saturated heterocycles. The van der Waals surface area contributed by atoms with Crippen LogP contribution in [0, 0.1) is 0 Å². The molecule has 21 heavy (non-hydrogen) atoms. The van der Waals surface area contributed by atoms with Crippen molar-refractivity contribution in [2.75, 3.05) is 17.3 Å². The topological polar surface area (TPSA) is 41.6 Å². The third-order valence-corrected chi connectivity index (χ3v) is 3.75. The van der Waals surface area contributed by atoms with E-state index in [0.717, 1.165) is 23.5 Å². The number of carbonyl (C=O) groups excluding carboxylic acids is 1. The van der Waals surface area contributed by atoms with Gasteiger partial charge in [-0.15, -0.1) is 0 Å². The highest BCUT2D eigenvalue weighted by Crippen LogP contribution is 2.32. The summed E-state index contributed by atoms with van der Waals surface area (Å²) in [6, 6.07) is 15.5. The first-order chi connectivity index (χ1) is 10.2. The Morgan fingerprint density at radius 3 is 2.86 bits per heavy atom. The largest absolute Gasteiger partial charge is 0.497 e. The molecule has 1 aliphatic rings. The van der Waals surface area contributed by atoms with E-state index in [9.17, 15) is 4.79 Å². The Morgan fingerprint density at radius 1 is 1.24 bits per heavy atom. The molecule has 1 heterocycles. The molecule has 0 aromatic heterocycles. The number of urea groups is 1. The van der Waals surface area contributed by atoms with Crippen molar-refractivity contribution in [3.63, 3.8) is 0 Å². The van der Waals surface area contributed by atoms with E-state index in [1.54, 1.807) is 7.11 Å². The van der Waals surface area contributed by atoms with Crippen molar-refractivity contribution in [1.29, 1.82) is 0 Å². The molecule has 1 aliphatic heterocycles. The van der Waals surface area contributed by atoms with Crippen LogP contribution in [0.15, 0.2) is 48.5 Å². The van der Waals surface area contributed by atoms with Gasteiger partial charge in [0.25, 0.3) is 0 Å². The Bertz CT molecular complexity index is 669. The summed E-state index contributed by atoms with van der Waals surface area (Å²) in [5, 5.41) is 2.94. The number of rotatable bonds is 2. The average Bonchev–Trinajstić information content (AvgIpc) is 2.83. The van der Waals surface area contributed by atoms with E-state index < -0.39 is 0 Å². The zero-order chi connectivity index (χ0) is 14.8. The number of hydrogen-bond acceptors (Lipinski definition) is 2. The van der Waals surface area contributed by atoms with E-state index in [-0.39, 0.29) is 12.1 Å². The fourth-order valence-corrected chi connectivity index (χ4v) is 2.76. The molecule has 3 rings (SSSR count). The molecule has 2 aromatic rings. The van der Waals surface area contributed by atoms with Gasteiger partial charge in [0.15, 0.2) is 0 Å². The van der Waals surface area contributed by atoms with Crippen molar-refractivity contribution in [3.05, 3.63) is 54.1 Å². The minimum Gasteiger partial charge on any atom is -0.497 e. The molecule has 2 amide bonds. The molecule has 1 N–H and O–H groups in total. The van der Waals surface area contributed by atoms with Crippen LogP contribution in [0.4, 0.5) is 16.2 Å². The monoisotopic (exact) mass is 282 g/mol. The lowest BCUT2D eigenvalue weighted by Crippen LogP contribution is -2.39. The molecule has 0 spiro atoms. The highest BCUT2D eigenvalue weighted by Gasteiger charge is 2.30. The van der Waals surface area contributed by atoms with Crippen molar-refractivity contribution in [2.45, 2.75) is 19.4 Å². The van der Waals surface area contributed by atoms with Gasteiger partial charge in [0.05, 0.1) is 7.11 Å². The number of anilines is 2. The lowest BCUT2D eigenvalue weighted by molar-refractivity contribution is 0.256. The number of benzene rings is 2. The third kappa shape index (κ3) is 2.57. The van der Waals surface area contributed by atoms with Crippen LogP contribution in [0.5, 0.6) is 5.75 Å². The van der Waals surface area contributed by atoms with Crippen molar-refractivity contribution < 1.29 is 9.53 Å². The summed E-state index contributed by atoms with van der Waals surface area (Å²) < 4.78 is 5.17. The minimum atomic E-state index is -0.110. The first-order valence-electron chi connectivity index (χ1n) is 7.01. The Morgan fingerprint density at radius 2 is 2.05 bits per heavy atom. The van der Waals surface area contributed by atoms with E-state index in [1.807, 2.05) is 47.4 Å². The SMILES string of the molecule is COc1cccc(NC(=O)N2c3ccccc3C[C@H]2C)c1. The van der Waals surface area contributed by atoms with Gasteiger partial charge in [-0.2, -0.15) is 0 Å². The molecular weight excluding hydrogens is 264 g/mol. The van der Waals surface area contributed by atoms with Gasteiger partial charge in [0, 0.05) is 23.5 Å². The summed E-state index contributed by atoms with van der Waals surface area (Å²) in [6.07, 6.45) is 0.891. The smallest absolute Gasteiger partial charge is 0.326 e. The zero-order valence-corrected chi connectivity index (χ0v) is 12.2.